The van der Waals surface area contributed by atoms with E-state index in [-0.39, 0.29) is 0 Å². The van der Waals surface area contributed by atoms with E-state index in [1.54, 1.807) is 0 Å². The zero-order valence-corrected chi connectivity index (χ0v) is 9.05. The molecule has 14 heavy (non-hydrogen) atoms. The van der Waals surface area contributed by atoms with Crippen molar-refractivity contribution in [2.24, 2.45) is 5.41 Å². The summed E-state index contributed by atoms with van der Waals surface area (Å²) < 4.78 is 5.25. The molecule has 0 amide bonds. The van der Waals surface area contributed by atoms with E-state index in [4.69, 9.17) is 4.74 Å². The van der Waals surface area contributed by atoms with Crippen molar-refractivity contribution < 1.29 is 9.84 Å². The van der Waals surface area contributed by atoms with Gasteiger partial charge < -0.3 is 9.84 Å². The first-order chi connectivity index (χ1) is 6.64. The van der Waals surface area contributed by atoms with Gasteiger partial charge in [-0.25, -0.2) is 0 Å². The van der Waals surface area contributed by atoms with Gasteiger partial charge in [0, 0.05) is 13.2 Å². The molecule has 1 heterocycles. The topological polar surface area (TPSA) is 53.2 Å². The lowest BCUT2D eigenvalue weighted by atomic mass is 9.65. The summed E-state index contributed by atoms with van der Waals surface area (Å²) in [5, 5.41) is 19.7. The van der Waals surface area contributed by atoms with Gasteiger partial charge in [0.25, 0.3) is 0 Å². The summed E-state index contributed by atoms with van der Waals surface area (Å²) in [5.41, 5.74) is -1.43. The Bertz CT molecular complexity index is 222. The second kappa shape index (κ2) is 4.29. The zero-order chi connectivity index (χ0) is 10.7. The first-order valence-electron chi connectivity index (χ1n) is 5.35. The third kappa shape index (κ3) is 1.65. The van der Waals surface area contributed by atoms with E-state index in [1.165, 1.54) is 0 Å². The molecule has 0 aromatic heterocycles. The third-order valence-electron chi connectivity index (χ3n) is 3.62. The van der Waals surface area contributed by atoms with Crippen molar-refractivity contribution in [3.63, 3.8) is 0 Å². The van der Waals surface area contributed by atoms with Crippen LogP contribution in [0.15, 0.2) is 0 Å². The minimum absolute atomic E-state index is 0.589. The Hall–Kier alpha value is -0.590. The van der Waals surface area contributed by atoms with Crippen LogP contribution < -0.4 is 0 Å². The van der Waals surface area contributed by atoms with E-state index in [0.717, 1.165) is 0 Å². The molecule has 1 aliphatic rings. The fraction of sp³-hybridized carbons (Fsp3) is 0.909. The minimum Gasteiger partial charge on any atom is -0.388 e. The maximum absolute atomic E-state index is 10.4. The molecule has 1 rings (SSSR count). The van der Waals surface area contributed by atoms with E-state index < -0.39 is 11.0 Å². The highest BCUT2D eigenvalue weighted by Gasteiger charge is 2.49. The lowest BCUT2D eigenvalue weighted by molar-refractivity contribution is -0.108. The van der Waals surface area contributed by atoms with Crippen LogP contribution in [0.3, 0.4) is 0 Å². The van der Waals surface area contributed by atoms with E-state index in [2.05, 4.69) is 6.07 Å². The number of hydrogen-bond acceptors (Lipinski definition) is 3. The van der Waals surface area contributed by atoms with E-state index in [1.807, 2.05) is 13.8 Å². The summed E-state index contributed by atoms with van der Waals surface area (Å²) >= 11 is 0. The van der Waals surface area contributed by atoms with Gasteiger partial charge in [-0.3, -0.25) is 0 Å². The van der Waals surface area contributed by atoms with Crippen LogP contribution in [0, 0.1) is 16.7 Å². The lowest BCUT2D eigenvalue weighted by Gasteiger charge is -2.44. The summed E-state index contributed by atoms with van der Waals surface area (Å²) in [6.07, 6.45) is 2.58. The third-order valence-corrected chi connectivity index (χ3v) is 3.62. The predicted molar refractivity (Wildman–Crippen MR) is 53.6 cm³/mol. The number of aliphatic hydroxyl groups is 1. The van der Waals surface area contributed by atoms with E-state index in [9.17, 15) is 10.4 Å². The molecular formula is C11H19NO2. The smallest absolute Gasteiger partial charge is 0.0903 e. The number of nitriles is 1. The van der Waals surface area contributed by atoms with Crippen LogP contribution in [0.2, 0.25) is 0 Å². The molecule has 0 radical (unpaired) electrons. The summed E-state index contributed by atoms with van der Waals surface area (Å²) in [4.78, 5) is 0. The molecule has 1 saturated heterocycles. The molecule has 0 aromatic carbocycles. The van der Waals surface area contributed by atoms with E-state index >= 15 is 0 Å². The minimum atomic E-state index is -0.842. The van der Waals surface area contributed by atoms with Crippen LogP contribution in [-0.4, -0.2) is 23.9 Å². The Kier molecular flexibility index (Phi) is 3.52. The highest BCUT2D eigenvalue weighted by Crippen LogP contribution is 2.44. The molecule has 0 aliphatic carbocycles. The number of nitrogens with zero attached hydrogens (tertiary/aromatic N) is 1. The standard InChI is InChI=1S/C11H19NO2/c1-3-11(13,4-2)10(9-12)5-7-14-8-6-10/h13H,3-8H2,1-2H3. The second-order valence-electron chi connectivity index (χ2n) is 4.04. The van der Waals surface area contributed by atoms with Crippen LogP contribution >= 0.6 is 0 Å². The van der Waals surface area contributed by atoms with Crippen LogP contribution in [0.1, 0.15) is 39.5 Å². The molecule has 0 spiro atoms. The van der Waals surface area contributed by atoms with Gasteiger partial charge in [-0.05, 0) is 25.7 Å². The molecular weight excluding hydrogens is 178 g/mol. The first kappa shape index (κ1) is 11.5. The predicted octanol–water partition coefficient (Wildman–Crippen LogP) is 1.86. The monoisotopic (exact) mass is 197 g/mol. The highest BCUT2D eigenvalue weighted by molar-refractivity contribution is 5.11. The van der Waals surface area contributed by atoms with Gasteiger partial charge in [0.15, 0.2) is 0 Å². The molecule has 3 nitrogen and oxygen atoms in total. The quantitative estimate of drug-likeness (QED) is 0.751. The summed E-state index contributed by atoms with van der Waals surface area (Å²) in [7, 11) is 0. The van der Waals surface area contributed by atoms with Crippen LogP contribution in [0.4, 0.5) is 0 Å². The average Bonchev–Trinajstić information content (AvgIpc) is 2.28. The maximum Gasteiger partial charge on any atom is 0.0903 e. The SMILES string of the molecule is CCC(O)(CC)C1(C#N)CCOCC1. The Morgan fingerprint density at radius 3 is 2.21 bits per heavy atom. The molecule has 0 atom stereocenters. The van der Waals surface area contributed by atoms with Crippen molar-refractivity contribution in [2.75, 3.05) is 13.2 Å². The van der Waals surface area contributed by atoms with Gasteiger partial charge in [0.1, 0.15) is 0 Å². The number of rotatable bonds is 3. The highest BCUT2D eigenvalue weighted by atomic mass is 16.5. The fourth-order valence-electron chi connectivity index (χ4n) is 2.33. The Labute approximate surface area is 85.7 Å². The van der Waals surface area contributed by atoms with Gasteiger partial charge in [-0.15, -0.1) is 0 Å². The maximum atomic E-state index is 10.4. The van der Waals surface area contributed by atoms with Crippen molar-refractivity contribution in [3.05, 3.63) is 0 Å². The molecule has 80 valence electrons. The lowest BCUT2D eigenvalue weighted by Crippen LogP contribution is -2.49. The van der Waals surface area contributed by atoms with Crippen LogP contribution in [-0.2, 0) is 4.74 Å². The summed E-state index contributed by atoms with van der Waals surface area (Å²) in [6.45, 7) is 5.07. The molecule has 0 unspecified atom stereocenters. The molecule has 1 aliphatic heterocycles. The molecule has 0 aromatic rings. The van der Waals surface area contributed by atoms with Gasteiger partial charge in [0.2, 0.25) is 0 Å². The zero-order valence-electron chi connectivity index (χ0n) is 9.05. The average molecular weight is 197 g/mol. The number of ether oxygens (including phenoxy) is 1. The summed E-state index contributed by atoms with van der Waals surface area (Å²) in [5.74, 6) is 0. The van der Waals surface area contributed by atoms with Gasteiger partial charge in [0.05, 0.1) is 17.1 Å². The Morgan fingerprint density at radius 1 is 1.36 bits per heavy atom. The normalized spacial score (nSPS) is 21.6. The van der Waals surface area contributed by atoms with Gasteiger partial charge >= 0.3 is 0 Å². The molecule has 3 heteroatoms. The van der Waals surface area contributed by atoms with Crippen molar-refractivity contribution in [3.8, 4) is 6.07 Å². The van der Waals surface area contributed by atoms with Crippen LogP contribution in [0.5, 0.6) is 0 Å². The Balaban J connectivity index is 2.92. The van der Waals surface area contributed by atoms with E-state index in [0.29, 0.717) is 38.9 Å². The van der Waals surface area contributed by atoms with Crippen molar-refractivity contribution in [1.29, 1.82) is 5.26 Å². The number of hydrogen-bond donors (Lipinski definition) is 1. The Morgan fingerprint density at radius 2 is 1.86 bits per heavy atom. The van der Waals surface area contributed by atoms with Crippen molar-refractivity contribution in [1.82, 2.24) is 0 Å². The van der Waals surface area contributed by atoms with Gasteiger partial charge in [-0.1, -0.05) is 13.8 Å². The molecule has 1 N–H and O–H groups in total. The second-order valence-corrected chi connectivity index (χ2v) is 4.04. The first-order valence-corrected chi connectivity index (χ1v) is 5.35. The van der Waals surface area contributed by atoms with Crippen molar-refractivity contribution in [2.45, 2.75) is 45.1 Å². The fourth-order valence-corrected chi connectivity index (χ4v) is 2.33. The van der Waals surface area contributed by atoms with Crippen LogP contribution in [0.25, 0.3) is 0 Å². The molecule has 0 saturated carbocycles. The largest absolute Gasteiger partial charge is 0.388 e. The molecule has 1 fully saturated rings. The van der Waals surface area contributed by atoms with Crippen molar-refractivity contribution >= 4 is 0 Å². The summed E-state index contributed by atoms with van der Waals surface area (Å²) in [6, 6.07) is 2.33. The van der Waals surface area contributed by atoms with Gasteiger partial charge in [-0.2, -0.15) is 5.26 Å². The molecule has 0 bridgehead atoms.